The first-order valence-corrected chi connectivity index (χ1v) is 4.97. The van der Waals surface area contributed by atoms with Gasteiger partial charge in [-0.25, -0.2) is 4.39 Å². The number of hydrogen-bond acceptors (Lipinski definition) is 2. The second kappa shape index (κ2) is 4.84. The van der Waals surface area contributed by atoms with E-state index < -0.39 is 0 Å². The summed E-state index contributed by atoms with van der Waals surface area (Å²) in [4.78, 5) is 0. The lowest BCUT2D eigenvalue weighted by Gasteiger charge is -2.11. The molecule has 0 aliphatic carbocycles. The van der Waals surface area contributed by atoms with E-state index in [-0.39, 0.29) is 5.82 Å². The predicted octanol–water partition coefficient (Wildman–Crippen LogP) is 3.00. The molecule has 2 N–H and O–H groups in total. The first-order chi connectivity index (χ1) is 6.69. The average Bonchev–Trinajstić information content (AvgIpc) is 2.14. The Hall–Kier alpha value is -1.25. The van der Waals surface area contributed by atoms with Crippen molar-refractivity contribution in [1.29, 1.82) is 0 Å². The molecule has 0 heterocycles. The Balaban J connectivity index is 3.00. The molecule has 78 valence electrons. The Kier molecular flexibility index (Phi) is 3.74. The van der Waals surface area contributed by atoms with E-state index in [4.69, 9.17) is 0 Å². The van der Waals surface area contributed by atoms with Crippen LogP contribution in [0.1, 0.15) is 19.4 Å². The SMILES string of the molecule is CCNc1cc(NCC)c(F)cc1C. The van der Waals surface area contributed by atoms with Crippen LogP contribution in [0.15, 0.2) is 12.1 Å². The second-order valence-electron chi connectivity index (χ2n) is 3.21. The van der Waals surface area contributed by atoms with Crippen LogP contribution in [0.5, 0.6) is 0 Å². The maximum absolute atomic E-state index is 13.4. The lowest BCUT2D eigenvalue weighted by atomic mass is 10.1. The van der Waals surface area contributed by atoms with Gasteiger partial charge >= 0.3 is 0 Å². The molecule has 0 fully saturated rings. The molecule has 2 nitrogen and oxygen atoms in total. The van der Waals surface area contributed by atoms with Gasteiger partial charge in [-0.05, 0) is 38.5 Å². The maximum atomic E-state index is 13.4. The zero-order valence-corrected chi connectivity index (χ0v) is 8.95. The lowest BCUT2D eigenvalue weighted by Crippen LogP contribution is -2.04. The van der Waals surface area contributed by atoms with Crippen LogP contribution in [0, 0.1) is 12.7 Å². The molecule has 0 spiro atoms. The van der Waals surface area contributed by atoms with Crippen molar-refractivity contribution in [3.63, 3.8) is 0 Å². The van der Waals surface area contributed by atoms with Gasteiger partial charge in [0.15, 0.2) is 0 Å². The first-order valence-electron chi connectivity index (χ1n) is 4.97. The van der Waals surface area contributed by atoms with Gasteiger partial charge in [0.2, 0.25) is 0 Å². The van der Waals surface area contributed by atoms with Gasteiger partial charge in [-0.1, -0.05) is 0 Å². The number of aryl methyl sites for hydroxylation is 1. The Morgan fingerprint density at radius 3 is 2.21 bits per heavy atom. The van der Waals surface area contributed by atoms with Crippen molar-refractivity contribution < 1.29 is 4.39 Å². The highest BCUT2D eigenvalue weighted by molar-refractivity contribution is 5.61. The summed E-state index contributed by atoms with van der Waals surface area (Å²) in [5.41, 5.74) is 2.49. The number of benzene rings is 1. The third-order valence-electron chi connectivity index (χ3n) is 2.05. The molecule has 3 heteroatoms. The summed E-state index contributed by atoms with van der Waals surface area (Å²) < 4.78 is 13.4. The predicted molar refractivity (Wildman–Crippen MR) is 59.5 cm³/mol. The Morgan fingerprint density at radius 2 is 1.64 bits per heavy atom. The normalized spacial score (nSPS) is 10.0. The van der Waals surface area contributed by atoms with E-state index in [9.17, 15) is 4.39 Å². The number of halogens is 1. The zero-order valence-electron chi connectivity index (χ0n) is 8.95. The smallest absolute Gasteiger partial charge is 0.146 e. The van der Waals surface area contributed by atoms with E-state index in [1.54, 1.807) is 6.07 Å². The molecule has 1 aromatic carbocycles. The van der Waals surface area contributed by atoms with Crippen LogP contribution >= 0.6 is 0 Å². The minimum absolute atomic E-state index is 0.189. The van der Waals surface area contributed by atoms with Crippen molar-refractivity contribution in [2.45, 2.75) is 20.8 Å². The number of hydrogen-bond donors (Lipinski definition) is 2. The summed E-state index contributed by atoms with van der Waals surface area (Å²) >= 11 is 0. The maximum Gasteiger partial charge on any atom is 0.146 e. The monoisotopic (exact) mass is 196 g/mol. The van der Waals surface area contributed by atoms with E-state index in [1.165, 1.54) is 0 Å². The van der Waals surface area contributed by atoms with E-state index in [1.807, 2.05) is 26.8 Å². The van der Waals surface area contributed by atoms with Crippen LogP contribution in [-0.4, -0.2) is 13.1 Å². The van der Waals surface area contributed by atoms with Gasteiger partial charge in [0, 0.05) is 18.8 Å². The van der Waals surface area contributed by atoms with Gasteiger partial charge in [0.05, 0.1) is 5.69 Å². The Labute approximate surface area is 84.5 Å². The minimum atomic E-state index is -0.189. The number of anilines is 2. The first kappa shape index (κ1) is 10.8. The van der Waals surface area contributed by atoms with Crippen LogP contribution in [0.2, 0.25) is 0 Å². The minimum Gasteiger partial charge on any atom is -0.385 e. The average molecular weight is 196 g/mol. The van der Waals surface area contributed by atoms with Crippen molar-refractivity contribution in [2.75, 3.05) is 23.7 Å². The molecular weight excluding hydrogens is 179 g/mol. The molecule has 0 saturated carbocycles. The molecule has 0 atom stereocenters. The quantitative estimate of drug-likeness (QED) is 0.773. The highest BCUT2D eigenvalue weighted by Crippen LogP contribution is 2.23. The lowest BCUT2D eigenvalue weighted by molar-refractivity contribution is 0.629. The van der Waals surface area contributed by atoms with Crippen LogP contribution in [0.4, 0.5) is 15.8 Å². The fourth-order valence-corrected chi connectivity index (χ4v) is 1.38. The van der Waals surface area contributed by atoms with Crippen LogP contribution in [-0.2, 0) is 0 Å². The summed E-state index contributed by atoms with van der Waals surface area (Å²) in [6.45, 7) is 7.45. The molecule has 0 bridgehead atoms. The van der Waals surface area contributed by atoms with Crippen LogP contribution < -0.4 is 10.6 Å². The van der Waals surface area contributed by atoms with Crippen molar-refractivity contribution in [1.82, 2.24) is 0 Å². The van der Waals surface area contributed by atoms with E-state index in [2.05, 4.69) is 10.6 Å². The summed E-state index contributed by atoms with van der Waals surface area (Å²) in [5, 5.41) is 6.18. The van der Waals surface area contributed by atoms with Crippen LogP contribution in [0.3, 0.4) is 0 Å². The molecule has 1 aromatic rings. The molecule has 0 aliphatic heterocycles. The van der Waals surface area contributed by atoms with Crippen LogP contribution in [0.25, 0.3) is 0 Å². The van der Waals surface area contributed by atoms with E-state index >= 15 is 0 Å². The molecule has 1 rings (SSSR count). The molecule has 0 aliphatic rings. The molecular formula is C11H17FN2. The van der Waals surface area contributed by atoms with Gasteiger partial charge in [-0.15, -0.1) is 0 Å². The second-order valence-corrected chi connectivity index (χ2v) is 3.21. The molecule has 0 saturated heterocycles. The summed E-state index contributed by atoms with van der Waals surface area (Å²) in [7, 11) is 0. The fraction of sp³-hybridized carbons (Fsp3) is 0.455. The van der Waals surface area contributed by atoms with E-state index in [0.29, 0.717) is 5.69 Å². The van der Waals surface area contributed by atoms with Gasteiger partial charge in [0.25, 0.3) is 0 Å². The fourth-order valence-electron chi connectivity index (χ4n) is 1.38. The third-order valence-corrected chi connectivity index (χ3v) is 2.05. The number of rotatable bonds is 4. The van der Waals surface area contributed by atoms with Gasteiger partial charge < -0.3 is 10.6 Å². The summed E-state index contributed by atoms with van der Waals surface area (Å²) in [6.07, 6.45) is 0. The molecule has 14 heavy (non-hydrogen) atoms. The van der Waals surface area contributed by atoms with Crippen molar-refractivity contribution in [3.8, 4) is 0 Å². The molecule has 0 unspecified atom stereocenters. The highest BCUT2D eigenvalue weighted by Gasteiger charge is 2.05. The zero-order chi connectivity index (χ0) is 10.6. The van der Waals surface area contributed by atoms with Gasteiger partial charge in [-0.3, -0.25) is 0 Å². The van der Waals surface area contributed by atoms with Crippen molar-refractivity contribution in [3.05, 3.63) is 23.5 Å². The molecule has 0 aromatic heterocycles. The van der Waals surface area contributed by atoms with E-state index in [0.717, 1.165) is 24.3 Å². The Morgan fingerprint density at radius 1 is 1.07 bits per heavy atom. The largest absolute Gasteiger partial charge is 0.385 e. The topological polar surface area (TPSA) is 24.1 Å². The highest BCUT2D eigenvalue weighted by atomic mass is 19.1. The van der Waals surface area contributed by atoms with Crippen molar-refractivity contribution in [2.24, 2.45) is 0 Å². The van der Waals surface area contributed by atoms with Gasteiger partial charge in [-0.2, -0.15) is 0 Å². The summed E-state index contributed by atoms with van der Waals surface area (Å²) in [6, 6.07) is 3.37. The Bertz CT molecular complexity index is 283. The number of nitrogens with one attached hydrogen (secondary N) is 2. The van der Waals surface area contributed by atoms with Gasteiger partial charge in [0.1, 0.15) is 5.82 Å². The standard InChI is InChI=1S/C11H17FN2/c1-4-13-10-7-11(14-5-2)9(12)6-8(10)3/h6-7,13-14H,4-5H2,1-3H3. The molecule has 0 amide bonds. The van der Waals surface area contributed by atoms with Crippen molar-refractivity contribution >= 4 is 11.4 Å². The third kappa shape index (κ3) is 2.37. The summed E-state index contributed by atoms with van der Waals surface area (Å²) in [5.74, 6) is -0.189. The molecule has 0 radical (unpaired) electrons.